The highest BCUT2D eigenvalue weighted by atomic mass is 16.5. The first-order valence-electron chi connectivity index (χ1n) is 6.01. The number of carboxylic acids is 1. The molecule has 1 aliphatic heterocycles. The van der Waals surface area contributed by atoms with Crippen LogP contribution in [-0.4, -0.2) is 46.3 Å². The molecule has 1 saturated heterocycles. The third-order valence-electron chi connectivity index (χ3n) is 2.95. The Labute approximate surface area is 106 Å². The van der Waals surface area contributed by atoms with Crippen molar-refractivity contribution in [2.24, 2.45) is 0 Å². The molecule has 2 heterocycles. The van der Waals surface area contributed by atoms with Gasteiger partial charge in [0, 0.05) is 25.8 Å². The molecule has 1 N–H and O–H groups in total. The highest BCUT2D eigenvalue weighted by molar-refractivity contribution is 5.85. The molecule has 1 fully saturated rings. The molecule has 1 aromatic rings. The fourth-order valence-corrected chi connectivity index (χ4v) is 2.20. The van der Waals surface area contributed by atoms with E-state index in [4.69, 9.17) is 9.84 Å². The second-order valence-electron chi connectivity index (χ2n) is 5.17. The Morgan fingerprint density at radius 3 is 3.06 bits per heavy atom. The number of ether oxygens (including phenoxy) is 1. The summed E-state index contributed by atoms with van der Waals surface area (Å²) >= 11 is 0. The molecule has 1 aromatic heterocycles. The van der Waals surface area contributed by atoms with Crippen LogP contribution in [0.2, 0.25) is 0 Å². The lowest BCUT2D eigenvalue weighted by Crippen LogP contribution is -2.47. The minimum atomic E-state index is -0.987. The third-order valence-corrected chi connectivity index (χ3v) is 2.95. The second kappa shape index (κ2) is 5.04. The maximum Gasteiger partial charge on any atom is 0.354 e. The number of hydrogen-bond acceptors (Lipinski definition) is 4. The molecule has 0 unspecified atom stereocenters. The van der Waals surface area contributed by atoms with Gasteiger partial charge in [-0.25, -0.2) is 9.78 Å². The van der Waals surface area contributed by atoms with Crippen LogP contribution in [0.15, 0.2) is 18.3 Å². The zero-order valence-electron chi connectivity index (χ0n) is 10.7. The predicted molar refractivity (Wildman–Crippen MR) is 66.5 cm³/mol. The summed E-state index contributed by atoms with van der Waals surface area (Å²) in [5.74, 6) is -0.987. The van der Waals surface area contributed by atoms with E-state index in [9.17, 15) is 4.79 Å². The summed E-state index contributed by atoms with van der Waals surface area (Å²) in [6.07, 6.45) is 1.55. The average molecular weight is 250 g/mol. The summed E-state index contributed by atoms with van der Waals surface area (Å²) in [6.45, 7) is 7.29. The van der Waals surface area contributed by atoms with Gasteiger partial charge in [-0.05, 0) is 31.5 Å². The highest BCUT2D eigenvalue weighted by Crippen LogP contribution is 2.18. The number of rotatable bonds is 3. The topological polar surface area (TPSA) is 62.7 Å². The van der Waals surface area contributed by atoms with E-state index in [2.05, 4.69) is 23.7 Å². The monoisotopic (exact) mass is 250 g/mol. The van der Waals surface area contributed by atoms with Crippen LogP contribution >= 0.6 is 0 Å². The van der Waals surface area contributed by atoms with Gasteiger partial charge in [0.15, 0.2) is 0 Å². The average Bonchev–Trinajstić information content (AvgIpc) is 2.28. The van der Waals surface area contributed by atoms with Crippen molar-refractivity contribution in [2.45, 2.75) is 26.0 Å². The second-order valence-corrected chi connectivity index (χ2v) is 5.17. The molecular formula is C13H18N2O3. The predicted octanol–water partition coefficient (Wildman–Crippen LogP) is 1.39. The first-order valence-corrected chi connectivity index (χ1v) is 6.01. The van der Waals surface area contributed by atoms with Crippen LogP contribution in [0.3, 0.4) is 0 Å². The number of aromatic nitrogens is 1. The molecular weight excluding hydrogens is 232 g/mol. The molecule has 0 radical (unpaired) electrons. The summed E-state index contributed by atoms with van der Waals surface area (Å²) in [4.78, 5) is 16.9. The summed E-state index contributed by atoms with van der Waals surface area (Å²) in [5.41, 5.74) is 0.932. The van der Waals surface area contributed by atoms with Crippen molar-refractivity contribution in [3.8, 4) is 0 Å². The molecule has 5 nitrogen and oxygen atoms in total. The van der Waals surface area contributed by atoms with Crippen LogP contribution in [0, 0.1) is 0 Å². The zero-order chi connectivity index (χ0) is 13.2. The van der Waals surface area contributed by atoms with E-state index in [0.29, 0.717) is 6.61 Å². The van der Waals surface area contributed by atoms with Gasteiger partial charge in [-0.15, -0.1) is 0 Å². The number of aromatic carboxylic acids is 1. The summed E-state index contributed by atoms with van der Waals surface area (Å²) in [6, 6.07) is 3.49. The van der Waals surface area contributed by atoms with E-state index in [-0.39, 0.29) is 11.3 Å². The molecule has 0 bridgehead atoms. The quantitative estimate of drug-likeness (QED) is 0.878. The normalized spacial score (nSPS) is 19.7. The molecule has 2 rings (SSSR count). The van der Waals surface area contributed by atoms with E-state index < -0.39 is 5.97 Å². The fraction of sp³-hybridized carbons (Fsp3) is 0.538. The van der Waals surface area contributed by atoms with Gasteiger partial charge in [-0.1, -0.05) is 0 Å². The van der Waals surface area contributed by atoms with Gasteiger partial charge in [0.1, 0.15) is 5.69 Å². The molecule has 0 amide bonds. The van der Waals surface area contributed by atoms with Crippen LogP contribution < -0.4 is 0 Å². The SMILES string of the molecule is CC1(C)CN(Cc2ccnc(C(=O)O)c2)CCO1. The zero-order valence-corrected chi connectivity index (χ0v) is 10.7. The molecule has 18 heavy (non-hydrogen) atoms. The van der Waals surface area contributed by atoms with Crippen LogP contribution in [0.1, 0.15) is 29.9 Å². The third kappa shape index (κ3) is 3.27. The van der Waals surface area contributed by atoms with Crippen molar-refractivity contribution in [3.63, 3.8) is 0 Å². The summed E-state index contributed by atoms with van der Waals surface area (Å²) in [5, 5.41) is 8.90. The Morgan fingerprint density at radius 1 is 1.61 bits per heavy atom. The van der Waals surface area contributed by atoms with Crippen LogP contribution in [0.5, 0.6) is 0 Å². The maximum atomic E-state index is 10.9. The summed E-state index contributed by atoms with van der Waals surface area (Å²) < 4.78 is 5.65. The molecule has 0 spiro atoms. The number of pyridine rings is 1. The molecule has 0 atom stereocenters. The van der Waals surface area contributed by atoms with Gasteiger partial charge in [0.25, 0.3) is 0 Å². The number of carboxylic acid groups (broad SMARTS) is 1. The van der Waals surface area contributed by atoms with Crippen LogP contribution in [0.4, 0.5) is 0 Å². The van der Waals surface area contributed by atoms with Crippen molar-refractivity contribution in [1.82, 2.24) is 9.88 Å². The van der Waals surface area contributed by atoms with Crippen molar-refractivity contribution >= 4 is 5.97 Å². The first-order chi connectivity index (χ1) is 8.46. The Bertz CT molecular complexity index is 446. The van der Waals surface area contributed by atoms with E-state index in [0.717, 1.165) is 25.2 Å². The number of morpholine rings is 1. The fourth-order valence-electron chi connectivity index (χ4n) is 2.20. The van der Waals surface area contributed by atoms with E-state index in [1.165, 1.54) is 0 Å². The molecule has 0 aliphatic carbocycles. The lowest BCUT2D eigenvalue weighted by Gasteiger charge is -2.38. The van der Waals surface area contributed by atoms with Crippen LogP contribution in [0.25, 0.3) is 0 Å². The van der Waals surface area contributed by atoms with Crippen molar-refractivity contribution in [1.29, 1.82) is 0 Å². The summed E-state index contributed by atoms with van der Waals surface area (Å²) in [7, 11) is 0. The first kappa shape index (κ1) is 13.0. The van der Waals surface area contributed by atoms with Crippen molar-refractivity contribution < 1.29 is 14.6 Å². The molecule has 98 valence electrons. The van der Waals surface area contributed by atoms with E-state index in [1.54, 1.807) is 12.3 Å². The van der Waals surface area contributed by atoms with Gasteiger partial charge in [-0.2, -0.15) is 0 Å². The van der Waals surface area contributed by atoms with Crippen LogP contribution in [-0.2, 0) is 11.3 Å². The molecule has 5 heteroatoms. The smallest absolute Gasteiger partial charge is 0.354 e. The van der Waals surface area contributed by atoms with Gasteiger partial charge >= 0.3 is 5.97 Å². The van der Waals surface area contributed by atoms with Crippen molar-refractivity contribution in [3.05, 3.63) is 29.6 Å². The Morgan fingerprint density at radius 2 is 2.39 bits per heavy atom. The number of hydrogen-bond donors (Lipinski definition) is 1. The number of nitrogens with zero attached hydrogens (tertiary/aromatic N) is 2. The van der Waals surface area contributed by atoms with Gasteiger partial charge in [0.2, 0.25) is 0 Å². The minimum absolute atomic E-state index is 0.0972. The maximum absolute atomic E-state index is 10.9. The van der Waals surface area contributed by atoms with Gasteiger partial charge in [-0.3, -0.25) is 4.90 Å². The lowest BCUT2D eigenvalue weighted by atomic mass is 10.1. The van der Waals surface area contributed by atoms with Crippen molar-refractivity contribution in [2.75, 3.05) is 19.7 Å². The Hall–Kier alpha value is -1.46. The van der Waals surface area contributed by atoms with Gasteiger partial charge < -0.3 is 9.84 Å². The standard InChI is InChI=1S/C13H18N2O3/c1-13(2)9-15(5-6-18-13)8-10-3-4-14-11(7-10)12(16)17/h3-4,7H,5-6,8-9H2,1-2H3,(H,16,17). The number of carbonyl (C=O) groups is 1. The minimum Gasteiger partial charge on any atom is -0.477 e. The highest BCUT2D eigenvalue weighted by Gasteiger charge is 2.27. The van der Waals surface area contributed by atoms with E-state index in [1.807, 2.05) is 6.07 Å². The molecule has 0 aromatic carbocycles. The largest absolute Gasteiger partial charge is 0.477 e. The van der Waals surface area contributed by atoms with E-state index >= 15 is 0 Å². The van der Waals surface area contributed by atoms with Gasteiger partial charge in [0.05, 0.1) is 12.2 Å². The molecule has 1 aliphatic rings. The Kier molecular flexibility index (Phi) is 3.63. The lowest BCUT2D eigenvalue weighted by molar-refractivity contribution is -0.0882. The Balaban J connectivity index is 2.05. The molecule has 0 saturated carbocycles.